The zero-order valence-corrected chi connectivity index (χ0v) is 12.1. The number of alkyl halides is 1. The van der Waals surface area contributed by atoms with E-state index in [1.807, 2.05) is 0 Å². The van der Waals surface area contributed by atoms with Gasteiger partial charge in [-0.05, 0) is 59.8 Å². The first-order chi connectivity index (χ1) is 8.56. The van der Waals surface area contributed by atoms with Crippen LogP contribution in [0.5, 0.6) is 0 Å². The number of carbonyl (C=O) groups excluding carboxylic acids is 1. The third-order valence-corrected chi connectivity index (χ3v) is 4.22. The van der Waals surface area contributed by atoms with Crippen LogP contribution in [-0.2, 0) is 0 Å². The van der Waals surface area contributed by atoms with Crippen molar-refractivity contribution >= 4 is 33.4 Å². The largest absolute Gasteiger partial charge is 0.349 e. The smallest absolute Gasteiger partial charge is 0.251 e. The van der Waals surface area contributed by atoms with Crippen LogP contribution < -0.4 is 5.32 Å². The van der Waals surface area contributed by atoms with Crippen LogP contribution in [0.3, 0.4) is 0 Å². The number of amides is 1. The molecule has 0 aromatic heterocycles. The van der Waals surface area contributed by atoms with Crippen LogP contribution in [-0.4, -0.2) is 17.3 Å². The van der Waals surface area contributed by atoms with E-state index in [0.29, 0.717) is 10.0 Å². The summed E-state index contributed by atoms with van der Waals surface area (Å²) in [6, 6.07) is 4.45. The van der Waals surface area contributed by atoms with Crippen molar-refractivity contribution in [3.8, 4) is 0 Å². The van der Waals surface area contributed by atoms with E-state index in [4.69, 9.17) is 11.6 Å². The molecule has 1 amide bonds. The van der Waals surface area contributed by atoms with Gasteiger partial charge in [-0.15, -0.1) is 11.6 Å². The molecule has 5 heteroatoms. The maximum atomic E-state index is 13.1. The highest BCUT2D eigenvalue weighted by molar-refractivity contribution is 9.10. The Hall–Kier alpha value is -0.610. The van der Waals surface area contributed by atoms with Crippen molar-refractivity contribution in [1.82, 2.24) is 5.32 Å². The Morgan fingerprint density at radius 3 is 2.61 bits per heavy atom. The molecule has 98 valence electrons. The van der Waals surface area contributed by atoms with Crippen molar-refractivity contribution in [2.45, 2.75) is 37.1 Å². The van der Waals surface area contributed by atoms with Gasteiger partial charge in [-0.1, -0.05) is 0 Å². The Morgan fingerprint density at radius 1 is 1.33 bits per heavy atom. The van der Waals surface area contributed by atoms with Gasteiger partial charge in [-0.3, -0.25) is 4.79 Å². The number of rotatable bonds is 2. The van der Waals surface area contributed by atoms with Gasteiger partial charge in [0.15, 0.2) is 0 Å². The summed E-state index contributed by atoms with van der Waals surface area (Å²) in [6.45, 7) is 0. The highest BCUT2D eigenvalue weighted by Gasteiger charge is 2.21. The van der Waals surface area contributed by atoms with Crippen molar-refractivity contribution in [1.29, 1.82) is 0 Å². The third kappa shape index (κ3) is 3.45. The van der Waals surface area contributed by atoms with Crippen LogP contribution in [0.2, 0.25) is 0 Å². The number of hydrogen-bond donors (Lipinski definition) is 1. The Labute approximate surface area is 119 Å². The maximum absolute atomic E-state index is 13.1. The van der Waals surface area contributed by atoms with Crippen LogP contribution >= 0.6 is 27.5 Å². The molecule has 0 atom stereocenters. The van der Waals surface area contributed by atoms with Crippen molar-refractivity contribution in [3.63, 3.8) is 0 Å². The average molecular weight is 335 g/mol. The van der Waals surface area contributed by atoms with E-state index in [-0.39, 0.29) is 23.1 Å². The predicted molar refractivity (Wildman–Crippen MR) is 73.5 cm³/mol. The van der Waals surface area contributed by atoms with Gasteiger partial charge < -0.3 is 5.32 Å². The fourth-order valence-corrected chi connectivity index (χ4v) is 2.73. The summed E-state index contributed by atoms with van der Waals surface area (Å²) in [4.78, 5) is 12.0. The van der Waals surface area contributed by atoms with E-state index < -0.39 is 0 Å². The van der Waals surface area contributed by atoms with E-state index in [0.717, 1.165) is 25.7 Å². The Bertz CT molecular complexity index is 447. The number of nitrogens with one attached hydrogen (secondary N) is 1. The van der Waals surface area contributed by atoms with Gasteiger partial charge in [0, 0.05) is 17.0 Å². The van der Waals surface area contributed by atoms with E-state index in [9.17, 15) is 9.18 Å². The zero-order chi connectivity index (χ0) is 13.1. The van der Waals surface area contributed by atoms with Gasteiger partial charge in [-0.2, -0.15) is 0 Å². The molecule has 1 saturated carbocycles. The first-order valence-electron chi connectivity index (χ1n) is 5.96. The quantitative estimate of drug-likeness (QED) is 0.817. The van der Waals surface area contributed by atoms with Gasteiger partial charge in [0.2, 0.25) is 0 Å². The Kier molecular flexibility index (Phi) is 4.62. The van der Waals surface area contributed by atoms with E-state index in [1.54, 1.807) is 0 Å². The second-order valence-electron chi connectivity index (χ2n) is 4.55. The Balaban J connectivity index is 1.97. The van der Waals surface area contributed by atoms with Crippen molar-refractivity contribution < 1.29 is 9.18 Å². The lowest BCUT2D eigenvalue weighted by Crippen LogP contribution is -2.37. The maximum Gasteiger partial charge on any atom is 0.251 e. The second kappa shape index (κ2) is 6.02. The predicted octanol–water partition coefficient (Wildman–Crippen LogP) is 3.87. The molecule has 18 heavy (non-hydrogen) atoms. The lowest BCUT2D eigenvalue weighted by atomic mass is 9.95. The molecule has 0 heterocycles. The molecule has 0 bridgehead atoms. The summed E-state index contributed by atoms with van der Waals surface area (Å²) in [5.74, 6) is -0.525. The van der Waals surface area contributed by atoms with Gasteiger partial charge in [-0.25, -0.2) is 4.39 Å². The average Bonchev–Trinajstić information content (AvgIpc) is 2.35. The van der Waals surface area contributed by atoms with Crippen LogP contribution in [0, 0.1) is 5.82 Å². The van der Waals surface area contributed by atoms with Crippen molar-refractivity contribution in [3.05, 3.63) is 34.1 Å². The summed E-state index contributed by atoms with van der Waals surface area (Å²) in [5.41, 5.74) is 0.469. The van der Waals surface area contributed by atoms with Gasteiger partial charge in [0.1, 0.15) is 5.82 Å². The summed E-state index contributed by atoms with van der Waals surface area (Å²) < 4.78 is 13.4. The summed E-state index contributed by atoms with van der Waals surface area (Å²) >= 11 is 9.09. The number of carbonyl (C=O) groups is 1. The lowest BCUT2D eigenvalue weighted by molar-refractivity contribution is 0.0928. The molecule has 0 aliphatic heterocycles. The minimum Gasteiger partial charge on any atom is -0.349 e. The van der Waals surface area contributed by atoms with Gasteiger partial charge in [0.25, 0.3) is 5.91 Å². The number of hydrogen-bond acceptors (Lipinski definition) is 1. The molecule has 0 radical (unpaired) electrons. The fraction of sp³-hybridized carbons (Fsp3) is 0.462. The van der Waals surface area contributed by atoms with E-state index >= 15 is 0 Å². The fourth-order valence-electron chi connectivity index (χ4n) is 2.10. The van der Waals surface area contributed by atoms with Crippen molar-refractivity contribution in [2.75, 3.05) is 0 Å². The van der Waals surface area contributed by atoms with Crippen LogP contribution in [0.4, 0.5) is 4.39 Å². The zero-order valence-electron chi connectivity index (χ0n) is 9.76. The SMILES string of the molecule is O=C(NC1CCC(Cl)CC1)c1ccc(F)c(Br)c1. The normalized spacial score (nSPS) is 23.7. The molecule has 0 spiro atoms. The molecule has 1 aliphatic carbocycles. The monoisotopic (exact) mass is 333 g/mol. The molecule has 0 saturated heterocycles. The highest BCUT2D eigenvalue weighted by Crippen LogP contribution is 2.23. The molecule has 1 N–H and O–H groups in total. The molecule has 0 unspecified atom stereocenters. The first kappa shape index (κ1) is 13.8. The summed E-state index contributed by atoms with van der Waals surface area (Å²) in [5, 5.41) is 3.20. The van der Waals surface area contributed by atoms with Crippen LogP contribution in [0.25, 0.3) is 0 Å². The topological polar surface area (TPSA) is 29.1 Å². The molecule has 1 fully saturated rings. The summed E-state index contributed by atoms with van der Waals surface area (Å²) in [7, 11) is 0. The summed E-state index contributed by atoms with van der Waals surface area (Å²) in [6.07, 6.45) is 3.67. The van der Waals surface area contributed by atoms with Gasteiger partial charge in [0.05, 0.1) is 4.47 Å². The highest BCUT2D eigenvalue weighted by atomic mass is 79.9. The third-order valence-electron chi connectivity index (χ3n) is 3.17. The van der Waals surface area contributed by atoms with E-state index in [2.05, 4.69) is 21.2 Å². The van der Waals surface area contributed by atoms with Crippen LogP contribution in [0.1, 0.15) is 36.0 Å². The lowest BCUT2D eigenvalue weighted by Gasteiger charge is -2.25. The molecule has 1 aromatic carbocycles. The minimum absolute atomic E-state index is 0.159. The standard InChI is InChI=1S/C13H14BrClFNO/c14-11-7-8(1-6-12(11)16)13(18)17-10-4-2-9(15)3-5-10/h1,6-7,9-10H,2-5H2,(H,17,18). The van der Waals surface area contributed by atoms with E-state index in [1.165, 1.54) is 18.2 Å². The second-order valence-corrected chi connectivity index (χ2v) is 6.02. The molecule has 2 nitrogen and oxygen atoms in total. The minimum atomic E-state index is -0.366. The Morgan fingerprint density at radius 2 is 2.00 bits per heavy atom. The molecule has 1 aliphatic rings. The number of halogens is 3. The molecular weight excluding hydrogens is 321 g/mol. The molecule has 2 rings (SSSR count). The first-order valence-corrected chi connectivity index (χ1v) is 7.19. The number of benzene rings is 1. The van der Waals surface area contributed by atoms with Crippen LogP contribution in [0.15, 0.2) is 22.7 Å². The van der Waals surface area contributed by atoms with Gasteiger partial charge >= 0.3 is 0 Å². The molecule has 1 aromatic rings. The molecular formula is C13H14BrClFNO. The van der Waals surface area contributed by atoms with Crippen molar-refractivity contribution in [2.24, 2.45) is 0 Å².